The average molecular weight is 329 g/mol. The zero-order valence-corrected chi connectivity index (χ0v) is 10.4. The van der Waals surface area contributed by atoms with Crippen molar-refractivity contribution in [1.82, 2.24) is 4.90 Å². The van der Waals surface area contributed by atoms with E-state index in [-0.39, 0.29) is 24.1 Å². The first kappa shape index (κ1) is 11.3. The summed E-state index contributed by atoms with van der Waals surface area (Å²) >= 11 is 1.92. The van der Waals surface area contributed by atoms with Crippen LogP contribution < -0.4 is 0 Å². The third-order valence-electron chi connectivity index (χ3n) is 2.36. The molecule has 0 atom stereocenters. The Bertz CT molecular complexity index is 449. The van der Waals surface area contributed by atoms with Crippen molar-refractivity contribution < 1.29 is 14.4 Å². The monoisotopic (exact) mass is 329 g/mol. The molecular weight excluding hydrogens is 321 g/mol. The lowest BCUT2D eigenvalue weighted by molar-refractivity contribution is -0.116. The largest absolute Gasteiger partial charge is 0.297 e. The molecule has 1 heterocycles. The lowest BCUT2D eigenvalue weighted by Gasteiger charge is -2.11. The highest BCUT2D eigenvalue weighted by atomic mass is 127. The molecule has 0 bridgehead atoms. The number of carbonyl (C=O) groups excluding carboxylic acids is 3. The van der Waals surface area contributed by atoms with E-state index in [0.717, 1.165) is 4.90 Å². The molecule has 5 heteroatoms. The summed E-state index contributed by atoms with van der Waals surface area (Å²) < 4.78 is 0.297. The van der Waals surface area contributed by atoms with Crippen LogP contribution in [0.15, 0.2) is 24.3 Å². The molecule has 0 unspecified atom stereocenters. The minimum Gasteiger partial charge on any atom is -0.297 e. The summed E-state index contributed by atoms with van der Waals surface area (Å²) in [4.78, 5) is 35.9. The van der Waals surface area contributed by atoms with Gasteiger partial charge in [-0.05, 0) is 12.1 Å². The molecule has 4 nitrogen and oxygen atoms in total. The van der Waals surface area contributed by atoms with Crippen LogP contribution in [0.1, 0.15) is 20.7 Å². The van der Waals surface area contributed by atoms with E-state index < -0.39 is 0 Å². The maximum absolute atomic E-state index is 11.8. The third kappa shape index (κ3) is 1.75. The van der Waals surface area contributed by atoms with Crippen LogP contribution in [0.4, 0.5) is 0 Å². The molecule has 0 N–H and O–H groups in total. The predicted octanol–water partition coefficient (Wildman–Crippen LogP) is 1.29. The highest BCUT2D eigenvalue weighted by Crippen LogP contribution is 2.21. The molecular formula is C11H8INO3. The van der Waals surface area contributed by atoms with Gasteiger partial charge in [0, 0.05) is 0 Å². The fourth-order valence-corrected chi connectivity index (χ4v) is 1.84. The molecule has 1 aromatic carbocycles. The second-order valence-corrected chi connectivity index (χ2v) is 4.18. The zero-order valence-electron chi connectivity index (χ0n) is 8.27. The maximum Gasteiger partial charge on any atom is 0.261 e. The number of hydrogen-bond acceptors (Lipinski definition) is 3. The number of imide groups is 1. The number of benzene rings is 1. The lowest BCUT2D eigenvalue weighted by atomic mass is 10.1. The van der Waals surface area contributed by atoms with Crippen LogP contribution >= 0.6 is 22.6 Å². The van der Waals surface area contributed by atoms with E-state index in [1.54, 1.807) is 24.3 Å². The topological polar surface area (TPSA) is 54.5 Å². The van der Waals surface area contributed by atoms with Crippen LogP contribution in [0.3, 0.4) is 0 Å². The van der Waals surface area contributed by atoms with Gasteiger partial charge in [-0.1, -0.05) is 34.7 Å². The SMILES string of the molecule is O=C(CI)CN1C(=O)c2ccccc2C1=O. The molecule has 1 aliphatic heterocycles. The second kappa shape index (κ2) is 4.32. The van der Waals surface area contributed by atoms with Crippen molar-refractivity contribution in [2.75, 3.05) is 11.0 Å². The Balaban J connectivity index is 2.32. The molecule has 2 rings (SSSR count). The van der Waals surface area contributed by atoms with Gasteiger partial charge in [0.2, 0.25) is 0 Å². The number of carbonyl (C=O) groups is 3. The fraction of sp³-hybridized carbons (Fsp3) is 0.182. The van der Waals surface area contributed by atoms with Gasteiger partial charge in [0.15, 0.2) is 5.78 Å². The van der Waals surface area contributed by atoms with Crippen LogP contribution in [0, 0.1) is 0 Å². The number of halogens is 1. The van der Waals surface area contributed by atoms with Crippen molar-refractivity contribution >= 4 is 40.2 Å². The Morgan fingerprint density at radius 1 is 1.12 bits per heavy atom. The van der Waals surface area contributed by atoms with Gasteiger partial charge >= 0.3 is 0 Å². The first-order chi connectivity index (χ1) is 7.65. The van der Waals surface area contributed by atoms with Crippen LogP contribution in [0.2, 0.25) is 0 Å². The lowest BCUT2D eigenvalue weighted by Crippen LogP contribution is -2.35. The summed E-state index contributed by atoms with van der Waals surface area (Å²) in [6, 6.07) is 6.61. The van der Waals surface area contributed by atoms with E-state index in [0.29, 0.717) is 15.6 Å². The van der Waals surface area contributed by atoms with E-state index in [1.807, 2.05) is 22.6 Å². The molecule has 0 saturated carbocycles. The maximum atomic E-state index is 11.8. The van der Waals surface area contributed by atoms with Crippen LogP contribution in [-0.4, -0.2) is 33.5 Å². The highest BCUT2D eigenvalue weighted by Gasteiger charge is 2.35. The second-order valence-electron chi connectivity index (χ2n) is 3.41. The summed E-state index contributed by atoms with van der Waals surface area (Å²) in [6.45, 7) is -0.130. The Morgan fingerprint density at radius 3 is 2.06 bits per heavy atom. The number of rotatable bonds is 3. The Labute approximate surface area is 106 Å². The first-order valence-corrected chi connectivity index (χ1v) is 6.20. The van der Waals surface area contributed by atoms with Gasteiger partial charge < -0.3 is 0 Å². The highest BCUT2D eigenvalue weighted by molar-refractivity contribution is 14.1. The number of Topliss-reactive ketones (excluding diaryl/α,β-unsaturated/α-hetero) is 1. The molecule has 0 saturated heterocycles. The van der Waals surface area contributed by atoms with Gasteiger partial charge in [-0.3, -0.25) is 19.3 Å². The fourth-order valence-electron chi connectivity index (χ4n) is 1.60. The first-order valence-electron chi connectivity index (χ1n) is 4.68. The standard InChI is InChI=1S/C11H8INO3/c12-5-7(14)6-13-10(15)8-3-1-2-4-9(8)11(13)16/h1-4H,5-6H2. The van der Waals surface area contributed by atoms with Gasteiger partial charge in [0.05, 0.1) is 22.1 Å². The van der Waals surface area contributed by atoms with Gasteiger partial charge in [-0.2, -0.15) is 0 Å². The van der Waals surface area contributed by atoms with Crippen molar-refractivity contribution in [2.45, 2.75) is 0 Å². The van der Waals surface area contributed by atoms with E-state index >= 15 is 0 Å². The normalized spacial score (nSPS) is 14.2. The Hall–Kier alpha value is -1.24. The summed E-state index contributed by atoms with van der Waals surface area (Å²) in [7, 11) is 0. The van der Waals surface area contributed by atoms with Crippen LogP contribution in [0.5, 0.6) is 0 Å². The molecule has 0 spiro atoms. The van der Waals surface area contributed by atoms with E-state index in [9.17, 15) is 14.4 Å². The minimum atomic E-state index is -0.376. The molecule has 16 heavy (non-hydrogen) atoms. The Morgan fingerprint density at radius 2 is 1.62 bits per heavy atom. The molecule has 2 amide bonds. The molecule has 0 radical (unpaired) electrons. The average Bonchev–Trinajstić information content (AvgIpc) is 2.55. The van der Waals surface area contributed by atoms with Crippen molar-refractivity contribution in [2.24, 2.45) is 0 Å². The quantitative estimate of drug-likeness (QED) is 0.477. The van der Waals surface area contributed by atoms with Crippen molar-refractivity contribution in [1.29, 1.82) is 0 Å². The molecule has 1 aromatic rings. The number of fused-ring (bicyclic) bond motifs is 1. The molecule has 0 aliphatic carbocycles. The van der Waals surface area contributed by atoms with Crippen molar-refractivity contribution in [3.8, 4) is 0 Å². The van der Waals surface area contributed by atoms with Gasteiger partial charge in [0.25, 0.3) is 11.8 Å². The van der Waals surface area contributed by atoms with E-state index in [1.165, 1.54) is 0 Å². The van der Waals surface area contributed by atoms with Gasteiger partial charge in [0.1, 0.15) is 0 Å². The van der Waals surface area contributed by atoms with E-state index in [4.69, 9.17) is 0 Å². The van der Waals surface area contributed by atoms with Crippen LogP contribution in [-0.2, 0) is 4.79 Å². The van der Waals surface area contributed by atoms with Gasteiger partial charge in [-0.25, -0.2) is 0 Å². The zero-order chi connectivity index (χ0) is 11.7. The van der Waals surface area contributed by atoms with Crippen molar-refractivity contribution in [3.05, 3.63) is 35.4 Å². The molecule has 0 aromatic heterocycles. The number of amides is 2. The van der Waals surface area contributed by atoms with Gasteiger partial charge in [-0.15, -0.1) is 0 Å². The van der Waals surface area contributed by atoms with Crippen LogP contribution in [0.25, 0.3) is 0 Å². The van der Waals surface area contributed by atoms with E-state index in [2.05, 4.69) is 0 Å². The number of alkyl halides is 1. The Kier molecular flexibility index (Phi) is 3.04. The molecule has 1 aliphatic rings. The third-order valence-corrected chi connectivity index (χ3v) is 3.21. The summed E-state index contributed by atoms with van der Waals surface area (Å²) in [6.07, 6.45) is 0. The summed E-state index contributed by atoms with van der Waals surface area (Å²) in [5, 5.41) is 0. The minimum absolute atomic E-state index is 0.130. The summed E-state index contributed by atoms with van der Waals surface area (Å²) in [5.74, 6) is -0.882. The number of nitrogens with zero attached hydrogens (tertiary/aromatic N) is 1. The number of ketones is 1. The molecule has 82 valence electrons. The molecule has 0 fully saturated rings. The summed E-state index contributed by atoms with van der Waals surface area (Å²) in [5.41, 5.74) is 0.766. The predicted molar refractivity (Wildman–Crippen MR) is 65.7 cm³/mol. The smallest absolute Gasteiger partial charge is 0.261 e. The van der Waals surface area contributed by atoms with Crippen molar-refractivity contribution in [3.63, 3.8) is 0 Å². The number of hydrogen-bond donors (Lipinski definition) is 0.